The molecule has 0 radical (unpaired) electrons. The molecule has 3 N–H and O–H groups in total. The van der Waals surface area contributed by atoms with Gasteiger partial charge in [-0.1, -0.05) is 11.6 Å². The smallest absolute Gasteiger partial charge is 0.258 e. The molecule has 2 aromatic carbocycles. The Labute approximate surface area is 180 Å². The molecule has 1 saturated carbocycles. The van der Waals surface area contributed by atoms with E-state index in [1.807, 2.05) is 0 Å². The SMILES string of the molecule is O=C(COc1ccc(O)cc1)NC1CCC(NC(=O)COc2ccc(Cl)cc2)CC1. The summed E-state index contributed by atoms with van der Waals surface area (Å²) in [5.74, 6) is 0.907. The fourth-order valence-corrected chi connectivity index (χ4v) is 3.42. The van der Waals surface area contributed by atoms with E-state index in [0.29, 0.717) is 16.5 Å². The standard InChI is InChI=1S/C22H25ClN2O5/c23-15-1-9-19(10-2-15)29-13-21(27)24-16-3-5-17(6-4-16)25-22(28)14-30-20-11-7-18(26)8-12-20/h1-2,7-12,16-17,26H,3-6,13-14H2,(H,24,27)(H,25,28). The van der Waals surface area contributed by atoms with Gasteiger partial charge in [-0.15, -0.1) is 0 Å². The van der Waals surface area contributed by atoms with Crippen LogP contribution in [0.5, 0.6) is 17.2 Å². The number of hydrogen-bond donors (Lipinski definition) is 3. The average Bonchev–Trinajstić information content (AvgIpc) is 2.74. The van der Waals surface area contributed by atoms with Gasteiger partial charge < -0.3 is 25.2 Å². The monoisotopic (exact) mass is 432 g/mol. The Hall–Kier alpha value is -2.93. The fraction of sp³-hybridized carbons (Fsp3) is 0.364. The summed E-state index contributed by atoms with van der Waals surface area (Å²) >= 11 is 5.82. The van der Waals surface area contributed by atoms with E-state index in [9.17, 15) is 14.7 Å². The largest absolute Gasteiger partial charge is 0.508 e. The molecular formula is C22H25ClN2O5. The van der Waals surface area contributed by atoms with Crippen molar-refractivity contribution in [3.05, 3.63) is 53.6 Å². The highest BCUT2D eigenvalue weighted by atomic mass is 35.5. The van der Waals surface area contributed by atoms with Gasteiger partial charge in [-0.2, -0.15) is 0 Å². The van der Waals surface area contributed by atoms with Crippen LogP contribution >= 0.6 is 11.6 Å². The maximum atomic E-state index is 12.1. The molecule has 1 aliphatic rings. The first-order chi connectivity index (χ1) is 14.5. The number of carbonyl (C=O) groups excluding carboxylic acids is 2. The molecule has 0 heterocycles. The second-order valence-electron chi connectivity index (χ2n) is 7.21. The van der Waals surface area contributed by atoms with Crippen LogP contribution in [0.2, 0.25) is 5.02 Å². The second-order valence-corrected chi connectivity index (χ2v) is 7.65. The molecule has 0 atom stereocenters. The molecule has 7 nitrogen and oxygen atoms in total. The zero-order valence-corrected chi connectivity index (χ0v) is 17.2. The molecule has 160 valence electrons. The van der Waals surface area contributed by atoms with Gasteiger partial charge in [0.25, 0.3) is 11.8 Å². The van der Waals surface area contributed by atoms with Crippen LogP contribution in [0.15, 0.2) is 48.5 Å². The first kappa shape index (κ1) is 21.8. The normalized spacial score (nSPS) is 18.3. The molecule has 0 saturated heterocycles. The van der Waals surface area contributed by atoms with Gasteiger partial charge in [-0.25, -0.2) is 0 Å². The molecule has 0 unspecified atom stereocenters. The molecular weight excluding hydrogens is 408 g/mol. The Morgan fingerprint density at radius 3 is 1.63 bits per heavy atom. The molecule has 1 aliphatic carbocycles. The fourth-order valence-electron chi connectivity index (χ4n) is 3.29. The minimum absolute atomic E-state index is 0.0487. The van der Waals surface area contributed by atoms with Gasteiger partial charge in [0, 0.05) is 17.1 Å². The van der Waals surface area contributed by atoms with Crippen LogP contribution in [-0.4, -0.2) is 42.2 Å². The predicted molar refractivity (Wildman–Crippen MR) is 113 cm³/mol. The number of hydrogen-bond acceptors (Lipinski definition) is 5. The number of benzene rings is 2. The first-order valence-electron chi connectivity index (χ1n) is 9.87. The first-order valence-corrected chi connectivity index (χ1v) is 10.2. The minimum atomic E-state index is -0.188. The molecule has 8 heteroatoms. The summed E-state index contributed by atoms with van der Waals surface area (Å²) in [6.45, 7) is -0.129. The predicted octanol–water partition coefficient (Wildman–Crippen LogP) is 3.05. The van der Waals surface area contributed by atoms with Gasteiger partial charge in [0.15, 0.2) is 13.2 Å². The van der Waals surface area contributed by atoms with Crippen LogP contribution < -0.4 is 20.1 Å². The lowest BCUT2D eigenvalue weighted by atomic mass is 9.91. The van der Waals surface area contributed by atoms with E-state index in [-0.39, 0.29) is 42.9 Å². The molecule has 0 aliphatic heterocycles. The van der Waals surface area contributed by atoms with Crippen LogP contribution in [0.1, 0.15) is 25.7 Å². The Bertz CT molecular complexity index is 762. The number of halogens is 1. The van der Waals surface area contributed by atoms with Gasteiger partial charge >= 0.3 is 0 Å². The van der Waals surface area contributed by atoms with Crippen LogP contribution in [0.3, 0.4) is 0 Å². The molecule has 0 bridgehead atoms. The number of rotatable bonds is 8. The molecule has 30 heavy (non-hydrogen) atoms. The van der Waals surface area contributed by atoms with E-state index >= 15 is 0 Å². The quantitative estimate of drug-likeness (QED) is 0.595. The lowest BCUT2D eigenvalue weighted by Crippen LogP contribution is -2.45. The maximum absolute atomic E-state index is 12.1. The molecule has 1 fully saturated rings. The summed E-state index contributed by atoms with van der Waals surface area (Å²) in [7, 11) is 0. The van der Waals surface area contributed by atoms with Crippen molar-refractivity contribution in [3.63, 3.8) is 0 Å². The number of ether oxygens (including phenoxy) is 2. The van der Waals surface area contributed by atoms with Crippen LogP contribution in [-0.2, 0) is 9.59 Å². The van der Waals surface area contributed by atoms with Crippen molar-refractivity contribution in [3.8, 4) is 17.2 Å². The summed E-state index contributed by atoms with van der Waals surface area (Å²) in [6, 6.07) is 13.2. The van der Waals surface area contributed by atoms with Crippen molar-refractivity contribution in [2.24, 2.45) is 0 Å². The van der Waals surface area contributed by atoms with E-state index in [2.05, 4.69) is 10.6 Å². The third-order valence-electron chi connectivity index (χ3n) is 4.85. The van der Waals surface area contributed by atoms with Crippen LogP contribution in [0.4, 0.5) is 0 Å². The lowest BCUT2D eigenvalue weighted by Gasteiger charge is -2.29. The maximum Gasteiger partial charge on any atom is 0.258 e. The van der Waals surface area contributed by atoms with Gasteiger partial charge in [0.2, 0.25) is 0 Å². The Morgan fingerprint density at radius 1 is 0.800 bits per heavy atom. The molecule has 2 aromatic rings. The van der Waals surface area contributed by atoms with E-state index in [1.165, 1.54) is 12.1 Å². The third kappa shape index (κ3) is 7.15. The summed E-state index contributed by atoms with van der Waals surface area (Å²) in [6.07, 6.45) is 3.15. The second kappa shape index (κ2) is 10.7. The highest BCUT2D eigenvalue weighted by Crippen LogP contribution is 2.20. The summed E-state index contributed by atoms with van der Waals surface area (Å²) in [5.41, 5.74) is 0. The van der Waals surface area contributed by atoms with E-state index in [0.717, 1.165) is 25.7 Å². The lowest BCUT2D eigenvalue weighted by molar-refractivity contribution is -0.125. The van der Waals surface area contributed by atoms with Crippen molar-refractivity contribution in [1.29, 1.82) is 0 Å². The zero-order chi connectivity index (χ0) is 21.3. The van der Waals surface area contributed by atoms with Crippen molar-refractivity contribution in [2.45, 2.75) is 37.8 Å². The number of phenolic OH excluding ortho intramolecular Hbond substituents is 1. The van der Waals surface area contributed by atoms with Gasteiger partial charge in [0.1, 0.15) is 17.2 Å². The van der Waals surface area contributed by atoms with Crippen molar-refractivity contribution in [2.75, 3.05) is 13.2 Å². The summed E-state index contributed by atoms with van der Waals surface area (Å²) in [4.78, 5) is 24.2. The Balaban J connectivity index is 1.31. The highest BCUT2D eigenvalue weighted by Gasteiger charge is 2.23. The van der Waals surface area contributed by atoms with Crippen molar-refractivity contribution >= 4 is 23.4 Å². The third-order valence-corrected chi connectivity index (χ3v) is 5.10. The number of aromatic hydroxyl groups is 1. The average molecular weight is 433 g/mol. The van der Waals surface area contributed by atoms with Gasteiger partial charge in [0.05, 0.1) is 0 Å². The molecule has 0 spiro atoms. The van der Waals surface area contributed by atoms with Gasteiger partial charge in [-0.05, 0) is 74.2 Å². The number of phenols is 1. The van der Waals surface area contributed by atoms with Crippen molar-refractivity contribution in [1.82, 2.24) is 10.6 Å². The van der Waals surface area contributed by atoms with Crippen molar-refractivity contribution < 1.29 is 24.2 Å². The number of carbonyl (C=O) groups is 2. The summed E-state index contributed by atoms with van der Waals surface area (Å²) in [5, 5.41) is 15.8. The molecule has 3 rings (SSSR count). The molecule has 2 amide bonds. The minimum Gasteiger partial charge on any atom is -0.508 e. The highest BCUT2D eigenvalue weighted by molar-refractivity contribution is 6.30. The van der Waals surface area contributed by atoms with Gasteiger partial charge in [-0.3, -0.25) is 9.59 Å². The van der Waals surface area contributed by atoms with Crippen LogP contribution in [0.25, 0.3) is 0 Å². The number of nitrogens with one attached hydrogen (secondary N) is 2. The zero-order valence-electron chi connectivity index (χ0n) is 16.5. The summed E-state index contributed by atoms with van der Waals surface area (Å²) < 4.78 is 10.9. The topological polar surface area (TPSA) is 96.9 Å². The molecule has 0 aromatic heterocycles. The Morgan fingerprint density at radius 2 is 1.20 bits per heavy atom. The number of amides is 2. The van der Waals surface area contributed by atoms with E-state index in [1.54, 1.807) is 36.4 Å². The Kier molecular flexibility index (Phi) is 7.79. The van der Waals surface area contributed by atoms with E-state index in [4.69, 9.17) is 21.1 Å². The van der Waals surface area contributed by atoms with E-state index < -0.39 is 0 Å². The van der Waals surface area contributed by atoms with Crippen LogP contribution in [0, 0.1) is 0 Å².